The van der Waals surface area contributed by atoms with Gasteiger partial charge in [-0.1, -0.05) is 0 Å². The van der Waals surface area contributed by atoms with Crippen LogP contribution in [0.25, 0.3) is 0 Å². The van der Waals surface area contributed by atoms with Gasteiger partial charge in [-0.15, -0.1) is 0 Å². The zero-order chi connectivity index (χ0) is 12.6. The molecule has 0 saturated carbocycles. The van der Waals surface area contributed by atoms with Gasteiger partial charge in [0, 0.05) is 13.6 Å². The molecule has 0 aromatic carbocycles. The molecule has 0 fully saturated rings. The quantitative estimate of drug-likeness (QED) is 0.437. The molecule has 0 unspecified atom stereocenters. The number of nitrogens with one attached hydrogen (secondary N) is 2. The molecule has 16 heavy (non-hydrogen) atoms. The lowest BCUT2D eigenvalue weighted by atomic mass is 10.4. The Hall–Kier alpha value is -2.10. The van der Waals surface area contributed by atoms with E-state index in [1.807, 2.05) is 0 Å². The second kappa shape index (κ2) is 7.23. The van der Waals surface area contributed by atoms with Crippen LogP contribution in [0, 0.1) is 11.3 Å². The zero-order valence-corrected chi connectivity index (χ0v) is 9.24. The SMILES string of the molecule is CCNC(=O)CN(C)C(=O)C(=O)NCC#N. The summed E-state index contributed by atoms with van der Waals surface area (Å²) in [6, 6.07) is 1.67. The summed E-state index contributed by atoms with van der Waals surface area (Å²) < 4.78 is 0. The highest BCUT2D eigenvalue weighted by atomic mass is 16.2. The average molecular weight is 226 g/mol. The molecule has 0 aromatic rings. The third kappa shape index (κ3) is 4.95. The van der Waals surface area contributed by atoms with Crippen LogP contribution in [-0.4, -0.2) is 49.3 Å². The first-order valence-corrected chi connectivity index (χ1v) is 4.69. The molecule has 3 amide bonds. The lowest BCUT2D eigenvalue weighted by Gasteiger charge is -2.15. The Bertz CT molecular complexity index is 321. The molecule has 2 N–H and O–H groups in total. The van der Waals surface area contributed by atoms with E-state index < -0.39 is 11.8 Å². The lowest BCUT2D eigenvalue weighted by Crippen LogP contribution is -2.45. The summed E-state index contributed by atoms with van der Waals surface area (Å²) in [6.45, 7) is 1.78. The number of likely N-dealkylation sites (N-methyl/N-ethyl adjacent to an activating group) is 2. The molecule has 0 aliphatic rings. The van der Waals surface area contributed by atoms with E-state index in [2.05, 4.69) is 10.6 Å². The van der Waals surface area contributed by atoms with Gasteiger partial charge in [0.25, 0.3) is 0 Å². The fourth-order valence-electron chi connectivity index (χ4n) is 0.909. The van der Waals surface area contributed by atoms with E-state index in [9.17, 15) is 14.4 Å². The van der Waals surface area contributed by atoms with Crippen molar-refractivity contribution in [2.75, 3.05) is 26.7 Å². The minimum Gasteiger partial charge on any atom is -0.355 e. The van der Waals surface area contributed by atoms with Gasteiger partial charge in [0.1, 0.15) is 6.54 Å². The Morgan fingerprint density at radius 1 is 1.31 bits per heavy atom. The molecule has 88 valence electrons. The number of hydrogen-bond acceptors (Lipinski definition) is 4. The Morgan fingerprint density at radius 3 is 2.44 bits per heavy atom. The summed E-state index contributed by atoms with van der Waals surface area (Å²) in [5.74, 6) is -2.08. The van der Waals surface area contributed by atoms with Gasteiger partial charge in [-0.05, 0) is 6.92 Å². The molecule has 0 rings (SSSR count). The summed E-state index contributed by atoms with van der Waals surface area (Å²) in [5.41, 5.74) is 0. The van der Waals surface area contributed by atoms with E-state index in [4.69, 9.17) is 5.26 Å². The Balaban J connectivity index is 4.13. The summed E-state index contributed by atoms with van der Waals surface area (Å²) in [4.78, 5) is 34.5. The van der Waals surface area contributed by atoms with Gasteiger partial charge >= 0.3 is 11.8 Å². The number of carbonyl (C=O) groups is 3. The van der Waals surface area contributed by atoms with Gasteiger partial charge in [0.15, 0.2) is 0 Å². The van der Waals surface area contributed by atoms with Gasteiger partial charge in [-0.3, -0.25) is 14.4 Å². The summed E-state index contributed by atoms with van der Waals surface area (Å²) in [7, 11) is 1.34. The molecular formula is C9H14N4O3. The second-order valence-corrected chi connectivity index (χ2v) is 2.96. The van der Waals surface area contributed by atoms with Gasteiger partial charge in [0.2, 0.25) is 5.91 Å². The van der Waals surface area contributed by atoms with Gasteiger partial charge in [-0.25, -0.2) is 0 Å². The van der Waals surface area contributed by atoms with Crippen molar-refractivity contribution in [1.82, 2.24) is 15.5 Å². The normalized spacial score (nSPS) is 8.81. The Morgan fingerprint density at radius 2 is 1.94 bits per heavy atom. The standard InChI is InChI=1S/C9H14N4O3/c1-3-11-7(14)6-13(2)9(16)8(15)12-5-4-10/h3,5-6H2,1-2H3,(H,11,14)(H,12,15). The maximum Gasteiger partial charge on any atom is 0.312 e. The number of nitrogens with zero attached hydrogens (tertiary/aromatic N) is 2. The molecule has 0 spiro atoms. The molecule has 0 radical (unpaired) electrons. The molecule has 0 atom stereocenters. The van der Waals surface area contributed by atoms with E-state index in [-0.39, 0.29) is 19.0 Å². The largest absolute Gasteiger partial charge is 0.355 e. The van der Waals surface area contributed by atoms with Crippen LogP contribution in [0.2, 0.25) is 0 Å². The fraction of sp³-hybridized carbons (Fsp3) is 0.556. The van der Waals surface area contributed by atoms with E-state index in [1.54, 1.807) is 13.0 Å². The van der Waals surface area contributed by atoms with Crippen molar-refractivity contribution < 1.29 is 14.4 Å². The molecule has 0 aliphatic carbocycles. The lowest BCUT2D eigenvalue weighted by molar-refractivity contribution is -0.146. The average Bonchev–Trinajstić information content (AvgIpc) is 2.24. The van der Waals surface area contributed by atoms with Crippen molar-refractivity contribution in [2.24, 2.45) is 0 Å². The molecule has 0 saturated heterocycles. The van der Waals surface area contributed by atoms with E-state index >= 15 is 0 Å². The highest BCUT2D eigenvalue weighted by Crippen LogP contribution is 1.85. The summed E-state index contributed by atoms with van der Waals surface area (Å²) in [5, 5.41) is 12.8. The van der Waals surface area contributed by atoms with E-state index in [0.29, 0.717) is 6.54 Å². The van der Waals surface area contributed by atoms with Crippen molar-refractivity contribution in [2.45, 2.75) is 6.92 Å². The van der Waals surface area contributed by atoms with Crippen LogP contribution in [0.1, 0.15) is 6.92 Å². The highest BCUT2D eigenvalue weighted by molar-refractivity contribution is 6.35. The van der Waals surface area contributed by atoms with Crippen molar-refractivity contribution in [3.05, 3.63) is 0 Å². The maximum absolute atomic E-state index is 11.3. The first kappa shape index (κ1) is 13.9. The van der Waals surface area contributed by atoms with E-state index in [0.717, 1.165) is 4.90 Å². The Labute approximate surface area is 93.4 Å². The van der Waals surface area contributed by atoms with Crippen LogP contribution < -0.4 is 10.6 Å². The summed E-state index contributed by atoms with van der Waals surface area (Å²) in [6.07, 6.45) is 0. The molecule has 7 heteroatoms. The Kier molecular flexibility index (Phi) is 6.28. The third-order valence-corrected chi connectivity index (χ3v) is 1.62. The molecule has 0 aromatic heterocycles. The smallest absolute Gasteiger partial charge is 0.312 e. The number of hydrogen-bond donors (Lipinski definition) is 2. The number of rotatable bonds is 4. The van der Waals surface area contributed by atoms with Crippen molar-refractivity contribution >= 4 is 17.7 Å². The molecular weight excluding hydrogens is 212 g/mol. The van der Waals surface area contributed by atoms with E-state index in [1.165, 1.54) is 7.05 Å². The van der Waals surface area contributed by atoms with Gasteiger partial charge < -0.3 is 15.5 Å². The molecule has 0 heterocycles. The minimum atomic E-state index is -0.895. The topological polar surface area (TPSA) is 102 Å². The molecule has 0 bridgehead atoms. The van der Waals surface area contributed by atoms with Gasteiger partial charge in [0.05, 0.1) is 12.6 Å². The zero-order valence-electron chi connectivity index (χ0n) is 9.24. The van der Waals surface area contributed by atoms with Crippen LogP contribution in [0.4, 0.5) is 0 Å². The second-order valence-electron chi connectivity index (χ2n) is 2.96. The predicted molar refractivity (Wildman–Crippen MR) is 54.9 cm³/mol. The molecule has 7 nitrogen and oxygen atoms in total. The number of carbonyl (C=O) groups excluding carboxylic acids is 3. The van der Waals surface area contributed by atoms with Crippen LogP contribution in [0.5, 0.6) is 0 Å². The molecule has 0 aliphatic heterocycles. The van der Waals surface area contributed by atoms with Crippen molar-refractivity contribution in [3.8, 4) is 6.07 Å². The van der Waals surface area contributed by atoms with Gasteiger partial charge in [-0.2, -0.15) is 5.26 Å². The monoisotopic (exact) mass is 226 g/mol. The highest BCUT2D eigenvalue weighted by Gasteiger charge is 2.19. The maximum atomic E-state index is 11.3. The van der Waals surface area contributed by atoms with Crippen molar-refractivity contribution in [3.63, 3.8) is 0 Å². The van der Waals surface area contributed by atoms with Crippen LogP contribution >= 0.6 is 0 Å². The fourth-order valence-corrected chi connectivity index (χ4v) is 0.909. The minimum absolute atomic E-state index is 0.188. The number of amides is 3. The van der Waals surface area contributed by atoms with Crippen LogP contribution in [0.15, 0.2) is 0 Å². The first-order chi connectivity index (χ1) is 7.52. The predicted octanol–water partition coefficient (Wildman–Crippen LogP) is -1.78. The van der Waals surface area contributed by atoms with Crippen molar-refractivity contribution in [1.29, 1.82) is 5.26 Å². The van der Waals surface area contributed by atoms with Crippen LogP contribution in [-0.2, 0) is 14.4 Å². The first-order valence-electron chi connectivity index (χ1n) is 4.69. The third-order valence-electron chi connectivity index (χ3n) is 1.62. The summed E-state index contributed by atoms with van der Waals surface area (Å²) >= 11 is 0. The van der Waals surface area contributed by atoms with Crippen LogP contribution in [0.3, 0.4) is 0 Å². The number of nitriles is 1.